The molecule has 0 saturated carbocycles. The smallest absolute Gasteiger partial charge is 0.316 e. The first kappa shape index (κ1) is 33.1. The van der Waals surface area contributed by atoms with Crippen LogP contribution >= 0.6 is 0 Å². The van der Waals surface area contributed by atoms with Crippen LogP contribution in [0.3, 0.4) is 0 Å². The van der Waals surface area contributed by atoms with Crippen LogP contribution in [0, 0.1) is 10.8 Å². The van der Waals surface area contributed by atoms with Crippen LogP contribution in [0.4, 0.5) is 0 Å². The molecular formula is C34H42O7. The standard InChI is InChI=1S/C34H42O7/c1-11-14-24-28(38-10)26(29(39-13-3)25(15-12-2)30(24)41-32(37)34(7,8)9)20-21-27(35)22-16-18-23(19-17-22)40-31(36)33(4,5)6/h11-12,16-21H,1-2,13-15H2,3-10H3. The molecule has 0 saturated heterocycles. The number of ether oxygens (including phenoxy) is 4. The van der Waals surface area contributed by atoms with E-state index in [1.165, 1.54) is 13.2 Å². The molecule has 2 aromatic carbocycles. The zero-order chi connectivity index (χ0) is 31.0. The highest BCUT2D eigenvalue weighted by Gasteiger charge is 2.30. The zero-order valence-corrected chi connectivity index (χ0v) is 25.5. The molecule has 0 aliphatic rings. The summed E-state index contributed by atoms with van der Waals surface area (Å²) >= 11 is 0. The third-order valence-electron chi connectivity index (χ3n) is 5.95. The third-order valence-corrected chi connectivity index (χ3v) is 5.95. The zero-order valence-electron chi connectivity index (χ0n) is 25.5. The second-order valence-corrected chi connectivity index (χ2v) is 11.5. The largest absolute Gasteiger partial charge is 0.496 e. The molecule has 0 radical (unpaired) electrons. The fourth-order valence-electron chi connectivity index (χ4n) is 3.74. The van der Waals surface area contributed by atoms with Gasteiger partial charge in [-0.2, -0.15) is 0 Å². The number of methoxy groups -OCH3 is 1. The van der Waals surface area contributed by atoms with E-state index < -0.39 is 16.8 Å². The molecule has 0 bridgehead atoms. The van der Waals surface area contributed by atoms with Crippen LogP contribution in [-0.4, -0.2) is 31.4 Å². The van der Waals surface area contributed by atoms with Crippen molar-refractivity contribution in [2.45, 2.75) is 61.3 Å². The van der Waals surface area contributed by atoms with Crippen LogP contribution in [0.2, 0.25) is 0 Å². The molecule has 0 fully saturated rings. The molecule has 220 valence electrons. The van der Waals surface area contributed by atoms with E-state index in [0.717, 1.165) is 0 Å². The van der Waals surface area contributed by atoms with E-state index in [9.17, 15) is 14.4 Å². The van der Waals surface area contributed by atoms with Gasteiger partial charge in [-0.15, -0.1) is 13.2 Å². The van der Waals surface area contributed by atoms with Gasteiger partial charge in [0.2, 0.25) is 0 Å². The average Bonchev–Trinajstić information content (AvgIpc) is 2.90. The lowest BCUT2D eigenvalue weighted by Gasteiger charge is -2.25. The van der Waals surface area contributed by atoms with Crippen molar-refractivity contribution in [2.75, 3.05) is 13.7 Å². The van der Waals surface area contributed by atoms with Gasteiger partial charge in [-0.25, -0.2) is 0 Å². The van der Waals surface area contributed by atoms with Crippen molar-refractivity contribution in [3.63, 3.8) is 0 Å². The van der Waals surface area contributed by atoms with Crippen LogP contribution in [0.25, 0.3) is 6.08 Å². The van der Waals surface area contributed by atoms with E-state index in [4.69, 9.17) is 18.9 Å². The number of benzene rings is 2. The molecule has 0 unspecified atom stereocenters. The van der Waals surface area contributed by atoms with Crippen molar-refractivity contribution in [1.82, 2.24) is 0 Å². The number of allylic oxidation sites excluding steroid dienone is 3. The molecular weight excluding hydrogens is 520 g/mol. The first-order chi connectivity index (χ1) is 19.2. The SMILES string of the molecule is C=CCc1c(OC)c(C=CC(=O)c2ccc(OC(=O)C(C)(C)C)cc2)c(OCC)c(CC=C)c1OC(=O)C(C)(C)C. The van der Waals surface area contributed by atoms with Crippen LogP contribution in [0.5, 0.6) is 23.0 Å². The van der Waals surface area contributed by atoms with E-state index in [1.54, 1.807) is 84.0 Å². The molecule has 0 N–H and O–H groups in total. The molecule has 7 nitrogen and oxygen atoms in total. The van der Waals surface area contributed by atoms with Gasteiger partial charge in [-0.3, -0.25) is 14.4 Å². The number of carbonyl (C=O) groups is 3. The van der Waals surface area contributed by atoms with E-state index in [0.29, 0.717) is 64.7 Å². The molecule has 0 spiro atoms. The summed E-state index contributed by atoms with van der Waals surface area (Å²) in [6, 6.07) is 6.36. The first-order valence-corrected chi connectivity index (χ1v) is 13.6. The Hall–Kier alpha value is -4.13. The van der Waals surface area contributed by atoms with Gasteiger partial charge in [-0.1, -0.05) is 12.2 Å². The second kappa shape index (κ2) is 14.0. The lowest BCUT2D eigenvalue weighted by molar-refractivity contribution is -0.143. The molecule has 7 heteroatoms. The predicted molar refractivity (Wildman–Crippen MR) is 162 cm³/mol. The Kier molecular flexibility index (Phi) is 11.3. The number of hydrogen-bond donors (Lipinski definition) is 0. The number of carbonyl (C=O) groups excluding carboxylic acids is 3. The minimum absolute atomic E-state index is 0.276. The van der Waals surface area contributed by atoms with Crippen molar-refractivity contribution < 1.29 is 33.3 Å². The lowest BCUT2D eigenvalue weighted by atomic mass is 9.94. The quantitative estimate of drug-likeness (QED) is 0.0878. The maximum absolute atomic E-state index is 13.1. The highest BCUT2D eigenvalue weighted by molar-refractivity contribution is 6.07. The summed E-state index contributed by atoms with van der Waals surface area (Å²) in [5.41, 5.74) is 0.766. The first-order valence-electron chi connectivity index (χ1n) is 13.6. The van der Waals surface area contributed by atoms with Crippen molar-refractivity contribution in [2.24, 2.45) is 10.8 Å². The second-order valence-electron chi connectivity index (χ2n) is 11.5. The Labute approximate surface area is 243 Å². The summed E-state index contributed by atoms with van der Waals surface area (Å²) in [4.78, 5) is 38.3. The molecule has 0 aromatic heterocycles. The van der Waals surface area contributed by atoms with Gasteiger partial charge in [0.1, 0.15) is 23.0 Å². The van der Waals surface area contributed by atoms with Gasteiger partial charge in [0, 0.05) is 16.7 Å². The highest BCUT2D eigenvalue weighted by Crippen LogP contribution is 2.46. The van der Waals surface area contributed by atoms with Gasteiger partial charge < -0.3 is 18.9 Å². The summed E-state index contributed by atoms with van der Waals surface area (Å²) in [5.74, 6) is 0.487. The monoisotopic (exact) mass is 562 g/mol. The normalized spacial score (nSPS) is 11.6. The van der Waals surface area contributed by atoms with Gasteiger partial charge >= 0.3 is 11.9 Å². The number of ketones is 1. The summed E-state index contributed by atoms with van der Waals surface area (Å²) in [6.45, 7) is 20.5. The minimum atomic E-state index is -0.748. The minimum Gasteiger partial charge on any atom is -0.496 e. The Morgan fingerprint density at radius 2 is 1.29 bits per heavy atom. The van der Waals surface area contributed by atoms with Gasteiger partial charge in [0.05, 0.1) is 30.1 Å². The van der Waals surface area contributed by atoms with Gasteiger partial charge in [-0.05, 0) is 97.7 Å². The van der Waals surface area contributed by atoms with E-state index in [2.05, 4.69) is 13.2 Å². The Bertz CT molecular complexity index is 1320. The van der Waals surface area contributed by atoms with E-state index in [1.807, 2.05) is 6.92 Å². The average molecular weight is 563 g/mol. The fourth-order valence-corrected chi connectivity index (χ4v) is 3.74. The number of hydrogen-bond acceptors (Lipinski definition) is 7. The molecule has 2 aromatic rings. The van der Waals surface area contributed by atoms with Crippen molar-refractivity contribution in [1.29, 1.82) is 0 Å². The van der Waals surface area contributed by atoms with E-state index in [-0.39, 0.29) is 11.8 Å². The number of rotatable bonds is 12. The topological polar surface area (TPSA) is 88.1 Å². The highest BCUT2D eigenvalue weighted by atomic mass is 16.5. The summed E-state index contributed by atoms with van der Waals surface area (Å²) in [5, 5.41) is 0. The van der Waals surface area contributed by atoms with Crippen molar-refractivity contribution in [3.05, 3.63) is 77.9 Å². The third kappa shape index (κ3) is 8.43. The lowest BCUT2D eigenvalue weighted by Crippen LogP contribution is -2.26. The summed E-state index contributed by atoms with van der Waals surface area (Å²) < 4.78 is 23.2. The van der Waals surface area contributed by atoms with Crippen molar-refractivity contribution >= 4 is 23.8 Å². The van der Waals surface area contributed by atoms with Crippen LogP contribution in [-0.2, 0) is 22.4 Å². The van der Waals surface area contributed by atoms with Gasteiger partial charge in [0.15, 0.2) is 5.78 Å². The number of esters is 2. The summed E-state index contributed by atoms with van der Waals surface area (Å²) in [7, 11) is 1.51. The van der Waals surface area contributed by atoms with Crippen LogP contribution < -0.4 is 18.9 Å². The maximum Gasteiger partial charge on any atom is 0.316 e. The molecule has 2 rings (SSSR count). The fraction of sp³-hybridized carbons (Fsp3) is 0.382. The molecule has 0 heterocycles. The molecule has 41 heavy (non-hydrogen) atoms. The molecule has 0 atom stereocenters. The molecule has 0 aliphatic heterocycles. The Balaban J connectivity index is 2.63. The molecule has 0 aliphatic carbocycles. The summed E-state index contributed by atoms with van der Waals surface area (Å²) in [6.07, 6.45) is 7.14. The van der Waals surface area contributed by atoms with Crippen LogP contribution in [0.1, 0.15) is 75.5 Å². The Morgan fingerprint density at radius 3 is 1.76 bits per heavy atom. The van der Waals surface area contributed by atoms with Crippen molar-refractivity contribution in [3.8, 4) is 23.0 Å². The predicted octanol–water partition coefficient (Wildman–Crippen LogP) is 7.35. The maximum atomic E-state index is 13.1. The van der Waals surface area contributed by atoms with E-state index >= 15 is 0 Å². The molecule has 0 amide bonds. The Morgan fingerprint density at radius 1 is 0.780 bits per heavy atom. The van der Waals surface area contributed by atoms with Crippen LogP contribution in [0.15, 0.2) is 55.7 Å². The van der Waals surface area contributed by atoms with Gasteiger partial charge in [0.25, 0.3) is 0 Å².